The van der Waals surface area contributed by atoms with Crippen molar-refractivity contribution in [1.82, 2.24) is 5.32 Å². The summed E-state index contributed by atoms with van der Waals surface area (Å²) in [4.78, 5) is 0. The lowest BCUT2D eigenvalue weighted by Crippen LogP contribution is -2.55. The molecule has 2 unspecified atom stereocenters. The van der Waals surface area contributed by atoms with Gasteiger partial charge in [-0.2, -0.15) is 0 Å². The average Bonchev–Trinajstić information content (AvgIpc) is 2.14. The van der Waals surface area contributed by atoms with Gasteiger partial charge in [0.15, 0.2) is 0 Å². The Labute approximate surface area is 86.4 Å². The summed E-state index contributed by atoms with van der Waals surface area (Å²) in [6.45, 7) is 3.72. The van der Waals surface area contributed by atoms with E-state index in [0.717, 1.165) is 25.7 Å². The van der Waals surface area contributed by atoms with E-state index in [1.165, 1.54) is 19.3 Å². The number of rotatable bonds is 3. The van der Waals surface area contributed by atoms with Crippen LogP contribution in [0.2, 0.25) is 0 Å². The zero-order valence-corrected chi connectivity index (χ0v) is 8.84. The number of fused-ring (bicyclic) bond motifs is 2. The van der Waals surface area contributed by atoms with Gasteiger partial charge in [-0.1, -0.05) is 12.5 Å². The Bertz CT molecular complexity index is 202. The van der Waals surface area contributed by atoms with Gasteiger partial charge in [0, 0.05) is 12.1 Å². The van der Waals surface area contributed by atoms with Crippen LogP contribution in [0.25, 0.3) is 0 Å². The molecule has 2 aliphatic heterocycles. The van der Waals surface area contributed by atoms with Gasteiger partial charge >= 0.3 is 0 Å². The van der Waals surface area contributed by atoms with Crippen LogP contribution < -0.4 is 5.32 Å². The number of piperidine rings is 2. The lowest BCUT2D eigenvalue weighted by atomic mass is 9.75. The van der Waals surface area contributed by atoms with Crippen molar-refractivity contribution in [3.8, 4) is 0 Å². The highest BCUT2D eigenvalue weighted by atomic mass is 16.3. The molecule has 0 aromatic carbocycles. The van der Waals surface area contributed by atoms with Gasteiger partial charge in [0.25, 0.3) is 0 Å². The van der Waals surface area contributed by atoms with E-state index in [-0.39, 0.29) is 0 Å². The molecule has 0 spiro atoms. The van der Waals surface area contributed by atoms with Crippen molar-refractivity contribution in [2.45, 2.75) is 62.6 Å². The Morgan fingerprint density at radius 3 is 2.57 bits per heavy atom. The van der Waals surface area contributed by atoms with Gasteiger partial charge in [-0.3, -0.25) is 0 Å². The number of hydrogen-bond acceptors (Lipinski definition) is 2. The summed E-state index contributed by atoms with van der Waals surface area (Å²) < 4.78 is 0. The van der Waals surface area contributed by atoms with Crippen LogP contribution in [0.3, 0.4) is 0 Å². The number of allylic oxidation sites excluding steroid dienone is 1. The van der Waals surface area contributed by atoms with Gasteiger partial charge in [0.1, 0.15) is 0 Å². The van der Waals surface area contributed by atoms with Crippen molar-refractivity contribution in [2.24, 2.45) is 0 Å². The fourth-order valence-electron chi connectivity index (χ4n) is 3.01. The maximum Gasteiger partial charge on any atom is 0.0680 e. The van der Waals surface area contributed by atoms with Crippen molar-refractivity contribution in [3.63, 3.8) is 0 Å². The second kappa shape index (κ2) is 4.03. The van der Waals surface area contributed by atoms with Crippen LogP contribution in [0.4, 0.5) is 0 Å². The lowest BCUT2D eigenvalue weighted by Gasteiger charge is -2.45. The van der Waals surface area contributed by atoms with Gasteiger partial charge in [0.05, 0.1) is 5.60 Å². The molecule has 0 radical (unpaired) electrons. The molecule has 2 aliphatic rings. The first-order chi connectivity index (χ1) is 6.72. The van der Waals surface area contributed by atoms with Crippen LogP contribution in [0.1, 0.15) is 44.9 Å². The molecule has 2 bridgehead atoms. The molecule has 2 saturated heterocycles. The summed E-state index contributed by atoms with van der Waals surface area (Å²) in [6.07, 6.45) is 9.45. The van der Waals surface area contributed by atoms with E-state index in [0.29, 0.717) is 12.1 Å². The minimum absolute atomic E-state index is 0.408. The Hall–Kier alpha value is -0.340. The molecule has 2 rings (SSSR count). The largest absolute Gasteiger partial charge is 0.390 e. The highest BCUT2D eigenvalue weighted by molar-refractivity contribution is 4.98. The van der Waals surface area contributed by atoms with Crippen LogP contribution in [0.5, 0.6) is 0 Å². The van der Waals surface area contributed by atoms with Crippen LogP contribution in [-0.2, 0) is 0 Å². The first-order valence-electron chi connectivity index (χ1n) is 5.81. The molecule has 0 amide bonds. The normalized spacial score (nSPS) is 42.1. The Morgan fingerprint density at radius 2 is 2.00 bits per heavy atom. The Balaban J connectivity index is 1.96. The monoisotopic (exact) mass is 195 g/mol. The van der Waals surface area contributed by atoms with Crippen LogP contribution in [0.15, 0.2) is 12.7 Å². The van der Waals surface area contributed by atoms with Gasteiger partial charge < -0.3 is 10.4 Å². The van der Waals surface area contributed by atoms with E-state index in [2.05, 4.69) is 11.9 Å². The molecule has 14 heavy (non-hydrogen) atoms. The van der Waals surface area contributed by atoms with Crippen molar-refractivity contribution >= 4 is 0 Å². The zero-order valence-electron chi connectivity index (χ0n) is 8.84. The number of aliphatic hydroxyl groups is 1. The van der Waals surface area contributed by atoms with Crippen molar-refractivity contribution in [3.05, 3.63) is 12.7 Å². The molecule has 2 heteroatoms. The summed E-state index contributed by atoms with van der Waals surface area (Å²) in [5, 5.41) is 14.0. The highest BCUT2D eigenvalue weighted by Crippen LogP contribution is 2.35. The smallest absolute Gasteiger partial charge is 0.0680 e. The second-order valence-electron chi connectivity index (χ2n) is 4.95. The van der Waals surface area contributed by atoms with Crippen molar-refractivity contribution in [2.75, 3.05) is 0 Å². The third-order valence-corrected chi connectivity index (χ3v) is 3.64. The van der Waals surface area contributed by atoms with E-state index in [1.54, 1.807) is 0 Å². The first-order valence-corrected chi connectivity index (χ1v) is 5.81. The molecule has 0 aromatic heterocycles. The summed E-state index contributed by atoms with van der Waals surface area (Å²) in [6, 6.07) is 1.13. The third kappa shape index (κ3) is 2.18. The summed E-state index contributed by atoms with van der Waals surface area (Å²) in [5.74, 6) is 0. The van der Waals surface area contributed by atoms with Crippen LogP contribution in [0, 0.1) is 0 Å². The summed E-state index contributed by atoms with van der Waals surface area (Å²) >= 11 is 0. The van der Waals surface area contributed by atoms with Gasteiger partial charge in [0.2, 0.25) is 0 Å². The fraction of sp³-hybridized carbons (Fsp3) is 0.833. The molecule has 2 fully saturated rings. The molecule has 0 aromatic rings. The SMILES string of the molecule is C=CCCC1(O)CC2CCCC(C1)N2. The third-order valence-electron chi connectivity index (χ3n) is 3.64. The maximum absolute atomic E-state index is 10.4. The Kier molecular flexibility index (Phi) is 2.93. The molecule has 80 valence electrons. The van der Waals surface area contributed by atoms with Gasteiger partial charge in [-0.15, -0.1) is 6.58 Å². The summed E-state index contributed by atoms with van der Waals surface area (Å²) in [5.41, 5.74) is -0.408. The number of nitrogens with one attached hydrogen (secondary N) is 1. The highest BCUT2D eigenvalue weighted by Gasteiger charge is 2.39. The molecule has 0 saturated carbocycles. The van der Waals surface area contributed by atoms with Crippen LogP contribution in [-0.4, -0.2) is 22.8 Å². The lowest BCUT2D eigenvalue weighted by molar-refractivity contribution is -0.0363. The number of hydrogen-bond donors (Lipinski definition) is 2. The van der Waals surface area contributed by atoms with E-state index in [9.17, 15) is 5.11 Å². The minimum Gasteiger partial charge on any atom is -0.390 e. The molecule has 2 nitrogen and oxygen atoms in total. The fourth-order valence-corrected chi connectivity index (χ4v) is 3.01. The van der Waals surface area contributed by atoms with E-state index in [1.807, 2.05) is 6.08 Å². The second-order valence-corrected chi connectivity index (χ2v) is 4.95. The van der Waals surface area contributed by atoms with Gasteiger partial charge in [-0.05, 0) is 38.5 Å². The quantitative estimate of drug-likeness (QED) is 0.675. The first kappa shape index (κ1) is 10.2. The maximum atomic E-state index is 10.4. The zero-order chi connectivity index (χ0) is 10.0. The summed E-state index contributed by atoms with van der Waals surface area (Å²) in [7, 11) is 0. The van der Waals surface area contributed by atoms with E-state index < -0.39 is 5.60 Å². The van der Waals surface area contributed by atoms with Gasteiger partial charge in [-0.25, -0.2) is 0 Å². The average molecular weight is 195 g/mol. The standard InChI is InChI=1S/C12H21NO/c1-2-3-7-12(14)8-10-5-4-6-11(9-12)13-10/h2,10-11,13-14H,1,3-9H2. The molecule has 2 N–H and O–H groups in total. The topological polar surface area (TPSA) is 32.3 Å². The molecule has 0 aliphatic carbocycles. The van der Waals surface area contributed by atoms with E-state index in [4.69, 9.17) is 0 Å². The molecular weight excluding hydrogens is 174 g/mol. The van der Waals surface area contributed by atoms with E-state index >= 15 is 0 Å². The van der Waals surface area contributed by atoms with Crippen LogP contribution >= 0.6 is 0 Å². The predicted octanol–water partition coefficient (Wildman–Crippen LogP) is 1.99. The van der Waals surface area contributed by atoms with Crippen molar-refractivity contribution in [1.29, 1.82) is 0 Å². The molecule has 2 atom stereocenters. The molecule has 2 heterocycles. The van der Waals surface area contributed by atoms with Crippen molar-refractivity contribution < 1.29 is 5.11 Å². The molecular formula is C12H21NO. The Morgan fingerprint density at radius 1 is 1.36 bits per heavy atom. The predicted molar refractivity (Wildman–Crippen MR) is 58.2 cm³/mol. The minimum atomic E-state index is -0.408.